The summed E-state index contributed by atoms with van der Waals surface area (Å²) in [6.45, 7) is 1.00. The first-order valence-electron chi connectivity index (χ1n) is 6.84. The van der Waals surface area contributed by atoms with E-state index in [1.54, 1.807) is 0 Å². The number of para-hydroxylation sites is 1. The molecule has 1 aromatic heterocycles. The Labute approximate surface area is 124 Å². The first-order chi connectivity index (χ1) is 10.5. The van der Waals surface area contributed by atoms with Gasteiger partial charge in [-0.1, -0.05) is 12.1 Å². The molecule has 0 saturated heterocycles. The number of ether oxygens (including phenoxy) is 1. The number of halogens is 3. The highest BCUT2D eigenvalue weighted by Gasteiger charge is 2.31. The molecule has 0 saturated carbocycles. The molecule has 0 bridgehead atoms. The lowest BCUT2D eigenvalue weighted by molar-refractivity contribution is -0.137. The van der Waals surface area contributed by atoms with E-state index in [0.29, 0.717) is 35.8 Å². The van der Waals surface area contributed by atoms with Crippen LogP contribution in [0.25, 0.3) is 22.4 Å². The Kier molecular flexibility index (Phi) is 2.69. The summed E-state index contributed by atoms with van der Waals surface area (Å²) < 4.78 is 46.1. The Morgan fingerprint density at radius 2 is 1.91 bits per heavy atom. The average Bonchev–Trinajstić information content (AvgIpc) is 2.75. The molecule has 0 fully saturated rings. The van der Waals surface area contributed by atoms with Crippen molar-refractivity contribution in [3.05, 3.63) is 48.0 Å². The van der Waals surface area contributed by atoms with Crippen LogP contribution < -0.4 is 4.74 Å². The van der Waals surface area contributed by atoms with Gasteiger partial charge in [0, 0.05) is 0 Å². The maximum Gasteiger partial charge on any atom is 0.416 e. The van der Waals surface area contributed by atoms with Crippen molar-refractivity contribution < 1.29 is 17.9 Å². The van der Waals surface area contributed by atoms with Gasteiger partial charge in [0.1, 0.15) is 18.2 Å². The summed E-state index contributed by atoms with van der Waals surface area (Å²) in [5.41, 5.74) is 1.15. The second-order valence-electron chi connectivity index (χ2n) is 5.13. The van der Waals surface area contributed by atoms with Gasteiger partial charge in [0.2, 0.25) is 0 Å². The van der Waals surface area contributed by atoms with E-state index in [1.165, 1.54) is 6.07 Å². The number of imidazole rings is 1. The molecule has 0 spiro atoms. The van der Waals surface area contributed by atoms with Gasteiger partial charge in [0.05, 0.1) is 28.7 Å². The number of aromatic nitrogens is 2. The fourth-order valence-corrected chi connectivity index (χ4v) is 2.76. The molecule has 2 aromatic carbocycles. The molecule has 0 atom stereocenters. The molecule has 0 N–H and O–H groups in total. The molecule has 1 aliphatic rings. The Bertz CT molecular complexity index is 867. The van der Waals surface area contributed by atoms with Gasteiger partial charge in [-0.15, -0.1) is 0 Å². The summed E-state index contributed by atoms with van der Waals surface area (Å²) in [7, 11) is 0. The lowest BCUT2D eigenvalue weighted by atomic mass is 10.2. The minimum Gasteiger partial charge on any atom is -0.491 e. The number of hydrogen-bond acceptors (Lipinski definition) is 2. The quantitative estimate of drug-likeness (QED) is 0.625. The van der Waals surface area contributed by atoms with Crippen molar-refractivity contribution in [1.29, 1.82) is 0 Å². The molecule has 22 heavy (non-hydrogen) atoms. The number of benzene rings is 2. The first-order valence-corrected chi connectivity index (χ1v) is 6.84. The Morgan fingerprint density at radius 1 is 1.09 bits per heavy atom. The molecule has 0 amide bonds. The number of nitrogens with zero attached hydrogens (tertiary/aromatic N) is 2. The van der Waals surface area contributed by atoms with Gasteiger partial charge in [-0.3, -0.25) is 0 Å². The summed E-state index contributed by atoms with van der Waals surface area (Å²) in [4.78, 5) is 4.41. The second kappa shape index (κ2) is 4.50. The zero-order valence-electron chi connectivity index (χ0n) is 11.4. The van der Waals surface area contributed by atoms with Gasteiger partial charge in [0.25, 0.3) is 0 Å². The molecule has 0 aliphatic carbocycles. The van der Waals surface area contributed by atoms with E-state index in [9.17, 15) is 13.2 Å². The summed E-state index contributed by atoms with van der Waals surface area (Å²) >= 11 is 0. The van der Waals surface area contributed by atoms with Gasteiger partial charge in [0.15, 0.2) is 0 Å². The third-order valence-corrected chi connectivity index (χ3v) is 3.78. The zero-order valence-corrected chi connectivity index (χ0v) is 11.4. The Hall–Kier alpha value is -2.50. The van der Waals surface area contributed by atoms with Crippen LogP contribution in [0.4, 0.5) is 13.2 Å². The van der Waals surface area contributed by atoms with Crippen LogP contribution in [0.2, 0.25) is 0 Å². The molecule has 3 aromatic rings. The minimum absolute atomic E-state index is 0.349. The lowest BCUT2D eigenvalue weighted by Gasteiger charge is -2.07. The average molecular weight is 304 g/mol. The van der Waals surface area contributed by atoms with Crippen molar-refractivity contribution in [3.63, 3.8) is 0 Å². The van der Waals surface area contributed by atoms with E-state index in [-0.39, 0.29) is 0 Å². The van der Waals surface area contributed by atoms with E-state index < -0.39 is 11.7 Å². The third kappa shape index (κ3) is 1.94. The Morgan fingerprint density at radius 3 is 2.73 bits per heavy atom. The molecule has 112 valence electrons. The van der Waals surface area contributed by atoms with Crippen LogP contribution in [0.3, 0.4) is 0 Å². The van der Waals surface area contributed by atoms with Crippen molar-refractivity contribution in [2.24, 2.45) is 0 Å². The smallest absolute Gasteiger partial charge is 0.416 e. The van der Waals surface area contributed by atoms with Crippen molar-refractivity contribution in [2.45, 2.75) is 12.7 Å². The van der Waals surface area contributed by atoms with Gasteiger partial charge < -0.3 is 9.30 Å². The molecule has 0 unspecified atom stereocenters. The topological polar surface area (TPSA) is 27.1 Å². The van der Waals surface area contributed by atoms with Crippen LogP contribution >= 0.6 is 0 Å². The van der Waals surface area contributed by atoms with Crippen LogP contribution in [0.5, 0.6) is 5.75 Å². The van der Waals surface area contributed by atoms with E-state index >= 15 is 0 Å². The predicted octanol–water partition coefficient (Wildman–Crippen LogP) is 4.11. The summed E-state index contributed by atoms with van der Waals surface area (Å²) in [5.74, 6) is 1.34. The molecule has 1 aliphatic heterocycles. The molecule has 6 heteroatoms. The van der Waals surface area contributed by atoms with Crippen LogP contribution in [0.15, 0.2) is 42.5 Å². The van der Waals surface area contributed by atoms with E-state index in [0.717, 1.165) is 17.7 Å². The summed E-state index contributed by atoms with van der Waals surface area (Å²) in [5, 5.41) is 0. The Balaban J connectivity index is 1.98. The van der Waals surface area contributed by atoms with Crippen molar-refractivity contribution in [1.82, 2.24) is 9.55 Å². The fourth-order valence-electron chi connectivity index (χ4n) is 2.76. The highest BCUT2D eigenvalue weighted by Crippen LogP contribution is 2.36. The van der Waals surface area contributed by atoms with Crippen LogP contribution in [0, 0.1) is 0 Å². The minimum atomic E-state index is -4.36. The largest absolute Gasteiger partial charge is 0.491 e. The van der Waals surface area contributed by atoms with Crippen molar-refractivity contribution in [2.75, 3.05) is 6.61 Å². The second-order valence-corrected chi connectivity index (χ2v) is 5.13. The van der Waals surface area contributed by atoms with E-state index in [2.05, 4.69) is 4.98 Å². The van der Waals surface area contributed by atoms with Gasteiger partial charge in [-0.05, 0) is 30.3 Å². The molecule has 2 heterocycles. The third-order valence-electron chi connectivity index (χ3n) is 3.78. The van der Waals surface area contributed by atoms with Gasteiger partial charge >= 0.3 is 6.18 Å². The highest BCUT2D eigenvalue weighted by atomic mass is 19.4. The van der Waals surface area contributed by atoms with Gasteiger partial charge in [-0.25, -0.2) is 4.98 Å². The maximum absolute atomic E-state index is 12.8. The number of alkyl halides is 3. The molecular weight excluding hydrogens is 293 g/mol. The molecule has 3 nitrogen and oxygen atoms in total. The standard InChI is InChI=1S/C16H11F3N2O/c17-16(18,19)10-5-6-13-12(9-10)20-15-11-3-1-2-4-14(11)22-8-7-21(13)15/h1-6,9H,7-8H2. The molecule has 0 radical (unpaired) electrons. The summed E-state index contributed by atoms with van der Waals surface area (Å²) in [6.07, 6.45) is -4.36. The highest BCUT2D eigenvalue weighted by molar-refractivity contribution is 5.83. The molecular formula is C16H11F3N2O. The van der Waals surface area contributed by atoms with Crippen molar-refractivity contribution >= 4 is 11.0 Å². The lowest BCUT2D eigenvalue weighted by Crippen LogP contribution is -2.06. The van der Waals surface area contributed by atoms with E-state index in [1.807, 2.05) is 28.8 Å². The van der Waals surface area contributed by atoms with E-state index in [4.69, 9.17) is 4.74 Å². The number of fused-ring (bicyclic) bond motifs is 5. The fraction of sp³-hybridized carbons (Fsp3) is 0.188. The summed E-state index contributed by atoms with van der Waals surface area (Å²) in [6, 6.07) is 11.1. The number of rotatable bonds is 0. The SMILES string of the molecule is FC(F)(F)c1ccc2c(c1)nc1n2CCOc2ccccc2-1. The zero-order chi connectivity index (χ0) is 15.3. The van der Waals surface area contributed by atoms with Crippen LogP contribution in [0.1, 0.15) is 5.56 Å². The maximum atomic E-state index is 12.8. The van der Waals surface area contributed by atoms with Crippen LogP contribution in [-0.4, -0.2) is 16.2 Å². The monoisotopic (exact) mass is 304 g/mol. The van der Waals surface area contributed by atoms with Crippen molar-refractivity contribution in [3.8, 4) is 17.1 Å². The number of hydrogen-bond donors (Lipinski definition) is 0. The normalized spacial score (nSPS) is 14.1. The van der Waals surface area contributed by atoms with Crippen LogP contribution in [-0.2, 0) is 12.7 Å². The molecule has 4 rings (SSSR count). The van der Waals surface area contributed by atoms with Gasteiger partial charge in [-0.2, -0.15) is 13.2 Å². The predicted molar refractivity (Wildman–Crippen MR) is 75.7 cm³/mol. The first kappa shape index (κ1) is 13.2.